The maximum Gasteiger partial charge on any atom is 0.320 e. The number of carbonyl (C=O) groups is 1. The molecule has 1 aliphatic heterocycles. The van der Waals surface area contributed by atoms with Gasteiger partial charge in [-0.1, -0.05) is 24.6 Å². The minimum Gasteiger partial charge on any atom is -0.493 e. The summed E-state index contributed by atoms with van der Waals surface area (Å²) in [7, 11) is 1.57. The Balaban J connectivity index is 2.10. The molecule has 150 valence electrons. The molecule has 2 atom stereocenters. The number of piperidine rings is 1. The molecule has 0 bridgehead atoms. The molecule has 3 rings (SSSR count). The van der Waals surface area contributed by atoms with Crippen molar-refractivity contribution in [3.05, 3.63) is 59.4 Å². The number of benzene rings is 2. The Morgan fingerprint density at radius 1 is 1.21 bits per heavy atom. The second kappa shape index (κ2) is 9.06. The quantitative estimate of drug-likeness (QED) is 0.769. The third-order valence-corrected chi connectivity index (χ3v) is 5.13. The van der Waals surface area contributed by atoms with Gasteiger partial charge in [0, 0.05) is 0 Å². The van der Waals surface area contributed by atoms with Crippen LogP contribution >= 0.6 is 0 Å². The summed E-state index contributed by atoms with van der Waals surface area (Å²) in [6, 6.07) is 10.9. The molecule has 0 aromatic heterocycles. The number of carboxylic acids is 1. The number of rotatable bonds is 7. The molecular formula is C22H26FNO4. The fourth-order valence-corrected chi connectivity index (χ4v) is 3.91. The maximum atomic E-state index is 14.0. The largest absolute Gasteiger partial charge is 0.493 e. The Labute approximate surface area is 164 Å². The highest BCUT2D eigenvalue weighted by Crippen LogP contribution is 2.38. The van der Waals surface area contributed by atoms with Gasteiger partial charge in [0.15, 0.2) is 11.5 Å². The van der Waals surface area contributed by atoms with Gasteiger partial charge in [-0.3, -0.25) is 9.69 Å². The second-order valence-corrected chi connectivity index (χ2v) is 6.89. The van der Waals surface area contributed by atoms with Gasteiger partial charge < -0.3 is 14.6 Å². The Morgan fingerprint density at radius 2 is 2.00 bits per heavy atom. The third-order valence-electron chi connectivity index (χ3n) is 5.13. The van der Waals surface area contributed by atoms with Crippen LogP contribution in [0.5, 0.6) is 11.5 Å². The zero-order chi connectivity index (χ0) is 20.1. The molecule has 1 aliphatic rings. The van der Waals surface area contributed by atoms with Crippen LogP contribution in [0.3, 0.4) is 0 Å². The predicted octanol–water partition coefficient (Wildman–Crippen LogP) is 4.26. The van der Waals surface area contributed by atoms with E-state index in [-0.39, 0.29) is 11.9 Å². The third kappa shape index (κ3) is 4.28. The van der Waals surface area contributed by atoms with Gasteiger partial charge >= 0.3 is 5.97 Å². The summed E-state index contributed by atoms with van der Waals surface area (Å²) >= 11 is 0. The molecule has 2 unspecified atom stereocenters. The summed E-state index contributed by atoms with van der Waals surface area (Å²) in [6.07, 6.45) is 2.36. The lowest BCUT2D eigenvalue weighted by atomic mass is 9.91. The van der Waals surface area contributed by atoms with Crippen LogP contribution in [0.1, 0.15) is 43.4 Å². The van der Waals surface area contributed by atoms with E-state index in [9.17, 15) is 14.3 Å². The molecule has 1 saturated heterocycles. The first kappa shape index (κ1) is 20.1. The van der Waals surface area contributed by atoms with Crippen molar-refractivity contribution in [3.8, 4) is 11.5 Å². The van der Waals surface area contributed by atoms with Crippen LogP contribution < -0.4 is 9.47 Å². The minimum atomic E-state index is -0.848. The molecule has 0 aliphatic carbocycles. The van der Waals surface area contributed by atoms with Crippen LogP contribution in [0.2, 0.25) is 0 Å². The summed E-state index contributed by atoms with van der Waals surface area (Å²) in [4.78, 5) is 13.9. The predicted molar refractivity (Wildman–Crippen MR) is 104 cm³/mol. The number of carboxylic acid groups (broad SMARTS) is 1. The van der Waals surface area contributed by atoms with Gasteiger partial charge in [0.25, 0.3) is 0 Å². The highest BCUT2D eigenvalue weighted by Gasteiger charge is 2.35. The van der Waals surface area contributed by atoms with Crippen LogP contribution in [0, 0.1) is 5.82 Å². The molecule has 1 N–H and O–H groups in total. The Hall–Kier alpha value is -2.60. The number of ether oxygens (including phenoxy) is 2. The van der Waals surface area contributed by atoms with Crippen molar-refractivity contribution in [3.63, 3.8) is 0 Å². The summed E-state index contributed by atoms with van der Waals surface area (Å²) in [5.41, 5.74) is 1.57. The van der Waals surface area contributed by atoms with E-state index in [0.717, 1.165) is 24.0 Å². The first-order chi connectivity index (χ1) is 13.5. The van der Waals surface area contributed by atoms with E-state index in [2.05, 4.69) is 0 Å². The van der Waals surface area contributed by atoms with Gasteiger partial charge in [-0.05, 0) is 61.7 Å². The number of likely N-dealkylation sites (tertiary alicyclic amines) is 1. The van der Waals surface area contributed by atoms with E-state index >= 15 is 0 Å². The van der Waals surface area contributed by atoms with Crippen molar-refractivity contribution in [1.29, 1.82) is 0 Å². The van der Waals surface area contributed by atoms with Gasteiger partial charge in [0.1, 0.15) is 11.9 Å². The first-order valence-corrected chi connectivity index (χ1v) is 9.60. The first-order valence-electron chi connectivity index (χ1n) is 9.60. The fourth-order valence-electron chi connectivity index (χ4n) is 3.91. The molecule has 1 fully saturated rings. The van der Waals surface area contributed by atoms with E-state index in [1.54, 1.807) is 13.2 Å². The molecule has 2 aromatic carbocycles. The fraction of sp³-hybridized carbons (Fsp3) is 0.409. The van der Waals surface area contributed by atoms with Gasteiger partial charge in [-0.25, -0.2) is 4.39 Å². The number of aliphatic carboxylic acids is 1. The van der Waals surface area contributed by atoms with Crippen LogP contribution in [0.25, 0.3) is 0 Å². The van der Waals surface area contributed by atoms with Crippen molar-refractivity contribution in [2.24, 2.45) is 0 Å². The molecule has 5 nitrogen and oxygen atoms in total. The van der Waals surface area contributed by atoms with E-state index in [0.29, 0.717) is 31.1 Å². The Kier molecular flexibility index (Phi) is 6.52. The van der Waals surface area contributed by atoms with Crippen LogP contribution in [-0.2, 0) is 4.79 Å². The standard InChI is InChI=1S/C22H26FNO4/c1-3-28-19-11-10-16(14-20(19)27-2)21(15-7-6-8-17(23)13-15)24-12-5-4-9-18(24)22(25)26/h6-8,10-11,13-14,18,21H,3-5,9,12H2,1-2H3,(H,25,26). The molecule has 0 saturated carbocycles. The molecule has 28 heavy (non-hydrogen) atoms. The lowest BCUT2D eigenvalue weighted by Crippen LogP contribution is -2.46. The number of halogens is 1. The van der Waals surface area contributed by atoms with Gasteiger partial charge in [0.2, 0.25) is 0 Å². The van der Waals surface area contributed by atoms with Crippen molar-refractivity contribution in [2.45, 2.75) is 38.3 Å². The lowest BCUT2D eigenvalue weighted by Gasteiger charge is -2.39. The van der Waals surface area contributed by atoms with Gasteiger partial charge in [-0.15, -0.1) is 0 Å². The average Bonchev–Trinajstić information content (AvgIpc) is 2.69. The number of methoxy groups -OCH3 is 1. The minimum absolute atomic E-state index is 0.343. The van der Waals surface area contributed by atoms with E-state index < -0.39 is 12.0 Å². The van der Waals surface area contributed by atoms with Crippen LogP contribution in [0.4, 0.5) is 4.39 Å². The molecule has 2 aromatic rings. The maximum absolute atomic E-state index is 14.0. The number of nitrogens with zero attached hydrogens (tertiary/aromatic N) is 1. The van der Waals surface area contributed by atoms with Crippen molar-refractivity contribution in [2.75, 3.05) is 20.3 Å². The molecule has 0 amide bonds. The summed E-state index contributed by atoms with van der Waals surface area (Å²) in [5, 5.41) is 9.76. The van der Waals surface area contributed by atoms with Crippen LogP contribution in [0.15, 0.2) is 42.5 Å². The van der Waals surface area contributed by atoms with Crippen molar-refractivity contribution < 1.29 is 23.8 Å². The number of hydrogen-bond acceptors (Lipinski definition) is 4. The topological polar surface area (TPSA) is 59.0 Å². The van der Waals surface area contributed by atoms with Crippen LogP contribution in [-0.4, -0.2) is 42.3 Å². The smallest absolute Gasteiger partial charge is 0.320 e. The van der Waals surface area contributed by atoms with Gasteiger partial charge in [0.05, 0.1) is 19.8 Å². The second-order valence-electron chi connectivity index (χ2n) is 6.89. The summed E-state index contributed by atoms with van der Waals surface area (Å²) in [5.74, 6) is 0.00750. The number of hydrogen-bond donors (Lipinski definition) is 1. The Bertz CT molecular complexity index is 826. The molecule has 0 spiro atoms. The van der Waals surface area contributed by atoms with Crippen molar-refractivity contribution in [1.82, 2.24) is 4.90 Å². The molecular weight excluding hydrogens is 361 g/mol. The highest BCUT2D eigenvalue weighted by atomic mass is 19.1. The van der Waals surface area contributed by atoms with E-state index in [4.69, 9.17) is 9.47 Å². The normalized spacial score (nSPS) is 18.5. The van der Waals surface area contributed by atoms with E-state index in [1.807, 2.05) is 36.1 Å². The Morgan fingerprint density at radius 3 is 2.68 bits per heavy atom. The SMILES string of the molecule is CCOc1ccc(C(c2cccc(F)c2)N2CCCCC2C(=O)O)cc1OC. The molecule has 1 heterocycles. The van der Waals surface area contributed by atoms with Crippen molar-refractivity contribution >= 4 is 5.97 Å². The lowest BCUT2D eigenvalue weighted by molar-refractivity contribution is -0.145. The monoisotopic (exact) mass is 387 g/mol. The molecule has 6 heteroatoms. The zero-order valence-corrected chi connectivity index (χ0v) is 16.2. The zero-order valence-electron chi connectivity index (χ0n) is 16.2. The molecule has 0 radical (unpaired) electrons. The summed E-state index contributed by atoms with van der Waals surface area (Å²) in [6.45, 7) is 3.04. The van der Waals surface area contributed by atoms with E-state index in [1.165, 1.54) is 12.1 Å². The average molecular weight is 387 g/mol. The van der Waals surface area contributed by atoms with Gasteiger partial charge in [-0.2, -0.15) is 0 Å². The highest BCUT2D eigenvalue weighted by molar-refractivity contribution is 5.73. The summed E-state index contributed by atoms with van der Waals surface area (Å²) < 4.78 is 25.1.